The van der Waals surface area contributed by atoms with Gasteiger partial charge in [-0.3, -0.25) is 9.36 Å². The van der Waals surface area contributed by atoms with Gasteiger partial charge >= 0.3 is 6.18 Å². The molecule has 0 radical (unpaired) electrons. The molecule has 0 aliphatic heterocycles. The lowest BCUT2D eigenvalue weighted by Gasteiger charge is -2.14. The highest BCUT2D eigenvalue weighted by Crippen LogP contribution is 2.38. The Morgan fingerprint density at radius 3 is 2.38 bits per heavy atom. The number of imidazole rings is 1. The first-order chi connectivity index (χ1) is 16.2. The van der Waals surface area contributed by atoms with Crippen LogP contribution in [0, 0.1) is 0 Å². The molecule has 174 valence electrons. The molecule has 0 aliphatic rings. The Morgan fingerprint density at radius 2 is 1.71 bits per heavy atom. The number of hydrogen-bond donors (Lipinski definition) is 2. The molecule has 1 atom stereocenters. The molecule has 0 spiro atoms. The maximum absolute atomic E-state index is 13.8. The number of amides is 1. The van der Waals surface area contributed by atoms with Gasteiger partial charge in [0.05, 0.1) is 17.4 Å². The fourth-order valence-corrected chi connectivity index (χ4v) is 3.77. The third-order valence-corrected chi connectivity index (χ3v) is 5.53. The number of aromatic nitrogens is 2. The quantitative estimate of drug-likeness (QED) is 0.380. The van der Waals surface area contributed by atoms with Crippen molar-refractivity contribution in [1.82, 2.24) is 9.55 Å². The number of aliphatic hydroxyl groups is 1. The fourth-order valence-electron chi connectivity index (χ4n) is 3.77. The Labute approximate surface area is 194 Å². The van der Waals surface area contributed by atoms with E-state index in [4.69, 9.17) is 5.73 Å². The maximum atomic E-state index is 13.8. The minimum Gasteiger partial charge on any atom is -0.387 e. The van der Waals surface area contributed by atoms with E-state index in [0.717, 1.165) is 17.2 Å². The number of nitrogens with zero attached hydrogens (tertiary/aromatic N) is 2. The van der Waals surface area contributed by atoms with E-state index in [1.54, 1.807) is 54.1 Å². The van der Waals surface area contributed by atoms with Crippen LogP contribution in [0.25, 0.3) is 28.2 Å². The van der Waals surface area contributed by atoms with Crippen LogP contribution in [0.3, 0.4) is 0 Å². The lowest BCUT2D eigenvalue weighted by Crippen LogP contribution is -2.10. The van der Waals surface area contributed by atoms with Gasteiger partial charge in [-0.1, -0.05) is 49.4 Å². The van der Waals surface area contributed by atoms with Crippen LogP contribution in [0.15, 0.2) is 79.0 Å². The van der Waals surface area contributed by atoms with E-state index in [-0.39, 0.29) is 17.1 Å². The van der Waals surface area contributed by atoms with E-state index < -0.39 is 23.8 Å². The Morgan fingerprint density at radius 1 is 1.03 bits per heavy atom. The molecule has 0 saturated carbocycles. The SMILES string of the molecule is CCC(O)c1cn(-c2cccc(-c3cccc(C(N)=O)c3)c2)c(-c2ccccc2C(F)(F)F)n1. The molecule has 0 aliphatic carbocycles. The highest BCUT2D eigenvalue weighted by molar-refractivity contribution is 5.94. The van der Waals surface area contributed by atoms with Gasteiger partial charge in [-0.05, 0) is 47.9 Å². The fraction of sp³-hybridized carbons (Fsp3) is 0.154. The monoisotopic (exact) mass is 465 g/mol. The summed E-state index contributed by atoms with van der Waals surface area (Å²) in [6.45, 7) is 1.76. The number of halogens is 3. The molecule has 1 aromatic heterocycles. The van der Waals surface area contributed by atoms with Gasteiger partial charge in [-0.25, -0.2) is 4.98 Å². The van der Waals surface area contributed by atoms with Gasteiger partial charge in [0.2, 0.25) is 5.91 Å². The molecule has 3 N–H and O–H groups in total. The number of primary amides is 1. The van der Waals surface area contributed by atoms with Crippen LogP contribution in [0.1, 0.15) is 41.1 Å². The van der Waals surface area contributed by atoms with Crippen molar-refractivity contribution in [3.05, 3.63) is 95.8 Å². The van der Waals surface area contributed by atoms with Gasteiger partial charge in [0.25, 0.3) is 0 Å². The summed E-state index contributed by atoms with van der Waals surface area (Å²) in [4.78, 5) is 16.0. The van der Waals surface area contributed by atoms with Crippen molar-refractivity contribution in [3.8, 4) is 28.2 Å². The second kappa shape index (κ2) is 9.15. The van der Waals surface area contributed by atoms with Crippen LogP contribution in [0.2, 0.25) is 0 Å². The van der Waals surface area contributed by atoms with E-state index in [9.17, 15) is 23.1 Å². The van der Waals surface area contributed by atoms with Crippen molar-refractivity contribution in [3.63, 3.8) is 0 Å². The van der Waals surface area contributed by atoms with Crippen LogP contribution in [0.5, 0.6) is 0 Å². The summed E-state index contributed by atoms with van der Waals surface area (Å²) >= 11 is 0. The summed E-state index contributed by atoms with van der Waals surface area (Å²) in [5.74, 6) is -0.490. The molecule has 0 bridgehead atoms. The first kappa shape index (κ1) is 23.3. The van der Waals surface area contributed by atoms with Crippen molar-refractivity contribution in [1.29, 1.82) is 0 Å². The van der Waals surface area contributed by atoms with E-state index in [1.165, 1.54) is 18.2 Å². The molecular formula is C26H22F3N3O2. The summed E-state index contributed by atoms with van der Waals surface area (Å²) in [7, 11) is 0. The standard InChI is InChI=1S/C26H22F3N3O2/c1-2-23(33)22-15-32(25(31-22)20-11-3-4-12-21(20)26(27,28)29)19-10-6-8-17(14-19)16-7-5-9-18(13-16)24(30)34/h3-15,23,33H,2H2,1H3,(H2,30,34). The van der Waals surface area contributed by atoms with Gasteiger partial charge < -0.3 is 10.8 Å². The normalized spacial score (nSPS) is 12.5. The molecule has 4 aromatic rings. The van der Waals surface area contributed by atoms with Crippen molar-refractivity contribution in [2.24, 2.45) is 5.73 Å². The average Bonchev–Trinajstić information content (AvgIpc) is 3.28. The van der Waals surface area contributed by atoms with E-state index in [0.29, 0.717) is 17.7 Å². The third kappa shape index (κ3) is 4.58. The van der Waals surface area contributed by atoms with Crippen LogP contribution in [-0.2, 0) is 6.18 Å². The molecule has 5 nitrogen and oxygen atoms in total. The zero-order chi connectivity index (χ0) is 24.5. The van der Waals surface area contributed by atoms with Crippen LogP contribution in [0.4, 0.5) is 13.2 Å². The minimum absolute atomic E-state index is 0.0680. The van der Waals surface area contributed by atoms with Crippen LogP contribution < -0.4 is 5.73 Å². The molecule has 0 saturated heterocycles. The molecule has 0 fully saturated rings. The topological polar surface area (TPSA) is 81.1 Å². The molecule has 8 heteroatoms. The zero-order valence-electron chi connectivity index (χ0n) is 18.3. The summed E-state index contributed by atoms with van der Waals surface area (Å²) in [5, 5.41) is 10.4. The largest absolute Gasteiger partial charge is 0.417 e. The zero-order valence-corrected chi connectivity index (χ0v) is 18.3. The second-order valence-electron chi connectivity index (χ2n) is 7.82. The molecule has 1 unspecified atom stereocenters. The minimum atomic E-state index is -4.58. The van der Waals surface area contributed by atoms with Gasteiger partial charge in [-0.15, -0.1) is 0 Å². The number of rotatable bonds is 6. The van der Waals surface area contributed by atoms with Crippen LogP contribution in [-0.4, -0.2) is 20.6 Å². The number of benzene rings is 3. The van der Waals surface area contributed by atoms with Crippen LogP contribution >= 0.6 is 0 Å². The molecule has 1 amide bonds. The summed E-state index contributed by atoms with van der Waals surface area (Å²) in [6, 6.07) is 19.1. The number of alkyl halides is 3. The predicted molar refractivity (Wildman–Crippen MR) is 123 cm³/mol. The summed E-state index contributed by atoms with van der Waals surface area (Å²) in [5.41, 5.74) is 7.12. The Bertz CT molecular complexity index is 1350. The Kier molecular flexibility index (Phi) is 6.26. The third-order valence-electron chi connectivity index (χ3n) is 5.53. The summed E-state index contributed by atoms with van der Waals surface area (Å²) < 4.78 is 42.8. The van der Waals surface area contributed by atoms with Crippen molar-refractivity contribution in [2.45, 2.75) is 25.6 Å². The number of hydrogen-bond acceptors (Lipinski definition) is 3. The number of carbonyl (C=O) groups is 1. The highest BCUT2D eigenvalue weighted by Gasteiger charge is 2.34. The molecule has 34 heavy (non-hydrogen) atoms. The lowest BCUT2D eigenvalue weighted by atomic mass is 10.0. The predicted octanol–water partition coefficient (Wildman–Crippen LogP) is 5.77. The molecule has 1 heterocycles. The summed E-state index contributed by atoms with van der Waals surface area (Å²) in [6.07, 6.45) is -3.59. The Hall–Kier alpha value is -3.91. The van der Waals surface area contributed by atoms with Gasteiger partial charge in [0.15, 0.2) is 0 Å². The lowest BCUT2D eigenvalue weighted by molar-refractivity contribution is -0.137. The van der Waals surface area contributed by atoms with Gasteiger partial charge in [0.1, 0.15) is 5.82 Å². The van der Waals surface area contributed by atoms with Crippen molar-refractivity contribution in [2.75, 3.05) is 0 Å². The van der Waals surface area contributed by atoms with Gasteiger partial charge in [0, 0.05) is 23.0 Å². The van der Waals surface area contributed by atoms with Crippen molar-refractivity contribution >= 4 is 5.91 Å². The molecular weight excluding hydrogens is 443 g/mol. The van der Waals surface area contributed by atoms with E-state index in [2.05, 4.69) is 4.98 Å². The second-order valence-corrected chi connectivity index (χ2v) is 7.82. The smallest absolute Gasteiger partial charge is 0.387 e. The average molecular weight is 465 g/mol. The van der Waals surface area contributed by atoms with Gasteiger partial charge in [-0.2, -0.15) is 13.2 Å². The molecule has 4 rings (SSSR count). The number of aliphatic hydroxyl groups excluding tert-OH is 1. The first-order valence-electron chi connectivity index (χ1n) is 10.6. The maximum Gasteiger partial charge on any atom is 0.417 e. The Balaban J connectivity index is 1.90. The number of nitrogens with two attached hydrogens (primary N) is 1. The highest BCUT2D eigenvalue weighted by atomic mass is 19.4. The van der Waals surface area contributed by atoms with Crippen molar-refractivity contribution < 1.29 is 23.1 Å². The van der Waals surface area contributed by atoms with E-state index in [1.807, 2.05) is 12.1 Å². The first-order valence-corrected chi connectivity index (χ1v) is 10.6. The molecule has 3 aromatic carbocycles. The van der Waals surface area contributed by atoms with E-state index >= 15 is 0 Å². The number of carbonyl (C=O) groups excluding carboxylic acids is 1.